The molecule has 1 aliphatic heterocycles. The molecule has 0 aliphatic carbocycles. The van der Waals surface area contributed by atoms with Crippen molar-refractivity contribution in [1.82, 2.24) is 15.0 Å². The maximum absolute atomic E-state index is 13.3. The van der Waals surface area contributed by atoms with Crippen LogP contribution in [0.25, 0.3) is 11.5 Å². The van der Waals surface area contributed by atoms with Crippen molar-refractivity contribution in [3.63, 3.8) is 0 Å². The number of piperidine rings is 1. The van der Waals surface area contributed by atoms with E-state index >= 15 is 0 Å². The van der Waals surface area contributed by atoms with Crippen molar-refractivity contribution in [3.05, 3.63) is 65.2 Å². The summed E-state index contributed by atoms with van der Waals surface area (Å²) in [5.74, 6) is 0.540. The number of rotatable bonds is 6. The van der Waals surface area contributed by atoms with Crippen LogP contribution < -0.4 is 5.32 Å². The van der Waals surface area contributed by atoms with Crippen LogP contribution in [0.15, 0.2) is 53.1 Å². The van der Waals surface area contributed by atoms with Gasteiger partial charge in [-0.15, -0.1) is 0 Å². The lowest BCUT2D eigenvalue weighted by atomic mass is 10.1. The Hall–Kier alpha value is -2.97. The van der Waals surface area contributed by atoms with Crippen molar-refractivity contribution in [2.75, 3.05) is 25.0 Å². The van der Waals surface area contributed by atoms with Crippen molar-refractivity contribution < 1.29 is 18.4 Å². The van der Waals surface area contributed by atoms with E-state index in [0.717, 1.165) is 18.4 Å². The maximum atomic E-state index is 13.3. The number of hydrogen-bond donors (Lipinski definition) is 1. The number of aromatic nitrogens is 2. The van der Waals surface area contributed by atoms with Crippen LogP contribution in [0.1, 0.15) is 18.7 Å². The van der Waals surface area contributed by atoms with E-state index in [1.807, 2.05) is 30.3 Å². The molecule has 4 rings (SSSR count). The van der Waals surface area contributed by atoms with E-state index in [9.17, 15) is 9.18 Å². The van der Waals surface area contributed by atoms with E-state index < -0.39 is 5.82 Å². The first-order valence-electron chi connectivity index (χ1n) is 10.1. The second-order valence-corrected chi connectivity index (χ2v) is 7.68. The van der Waals surface area contributed by atoms with Gasteiger partial charge in [-0.3, -0.25) is 0 Å². The molecule has 1 atom stereocenters. The third-order valence-corrected chi connectivity index (χ3v) is 5.29. The molecule has 1 aromatic heterocycles. The molecule has 2 amide bonds. The first-order valence-corrected chi connectivity index (χ1v) is 10.5. The van der Waals surface area contributed by atoms with Crippen molar-refractivity contribution in [1.29, 1.82) is 0 Å². The van der Waals surface area contributed by atoms with Crippen molar-refractivity contribution in [2.24, 2.45) is 0 Å². The number of hydrogen-bond acceptors (Lipinski definition) is 5. The number of nitrogens with one attached hydrogen (secondary N) is 1. The number of amides is 2. The molecule has 2 heterocycles. The van der Waals surface area contributed by atoms with E-state index in [0.29, 0.717) is 43.5 Å². The summed E-state index contributed by atoms with van der Waals surface area (Å²) in [5.41, 5.74) is 1.32. The van der Waals surface area contributed by atoms with Gasteiger partial charge in [-0.2, -0.15) is 4.98 Å². The van der Waals surface area contributed by atoms with E-state index in [2.05, 4.69) is 15.5 Å². The fraction of sp³-hybridized carbons (Fsp3) is 0.318. The number of urea groups is 1. The number of ether oxygens (including phenoxy) is 1. The normalized spacial score (nSPS) is 16.3. The molecule has 3 aromatic rings. The molecular formula is C22H22ClFN4O3. The van der Waals surface area contributed by atoms with Gasteiger partial charge in [0.2, 0.25) is 0 Å². The van der Waals surface area contributed by atoms with E-state index in [4.69, 9.17) is 20.9 Å². The molecular weight excluding hydrogens is 423 g/mol. The standard InChI is InChI=1S/C22H22ClFN4O3/c23-18-13-16(8-9-19(18)24)25-22(29)28-11-4-7-17(14-28)30-12-10-20-26-21(31-27-20)15-5-2-1-3-6-15/h1-3,5-6,8-9,13,17H,4,7,10-12,14H2,(H,25,29). The summed E-state index contributed by atoms with van der Waals surface area (Å²) in [6.07, 6.45) is 2.15. The second-order valence-electron chi connectivity index (χ2n) is 7.27. The lowest BCUT2D eigenvalue weighted by Gasteiger charge is -2.32. The van der Waals surface area contributed by atoms with Gasteiger partial charge in [0.15, 0.2) is 5.82 Å². The minimum absolute atomic E-state index is 0.0328. The highest BCUT2D eigenvalue weighted by Crippen LogP contribution is 2.21. The van der Waals surface area contributed by atoms with E-state index in [-0.39, 0.29) is 17.2 Å². The Kier molecular flexibility index (Phi) is 6.79. The van der Waals surface area contributed by atoms with E-state index in [1.165, 1.54) is 18.2 Å². The Morgan fingerprint density at radius 2 is 2.13 bits per heavy atom. The molecule has 1 fully saturated rings. The van der Waals surface area contributed by atoms with Gasteiger partial charge in [0, 0.05) is 30.8 Å². The molecule has 0 saturated carbocycles. The SMILES string of the molecule is O=C(Nc1ccc(F)c(Cl)c1)N1CCCC(OCCc2noc(-c3ccccc3)n2)C1. The highest BCUT2D eigenvalue weighted by Gasteiger charge is 2.24. The first kappa shape index (κ1) is 21.3. The number of nitrogens with zero attached hydrogens (tertiary/aromatic N) is 3. The number of carbonyl (C=O) groups is 1. The van der Waals surface area contributed by atoms with Crippen LogP contribution in [0.5, 0.6) is 0 Å². The van der Waals surface area contributed by atoms with Crippen molar-refractivity contribution >= 4 is 23.3 Å². The minimum atomic E-state index is -0.524. The lowest BCUT2D eigenvalue weighted by Crippen LogP contribution is -2.45. The predicted octanol–water partition coefficient (Wildman–Crippen LogP) is 4.78. The highest BCUT2D eigenvalue weighted by molar-refractivity contribution is 6.31. The second kappa shape index (κ2) is 9.89. The van der Waals surface area contributed by atoms with Gasteiger partial charge in [0.25, 0.3) is 5.89 Å². The lowest BCUT2D eigenvalue weighted by molar-refractivity contribution is 0.0120. The number of anilines is 1. The Bertz CT molecular complexity index is 1030. The summed E-state index contributed by atoms with van der Waals surface area (Å²) >= 11 is 5.77. The van der Waals surface area contributed by atoms with Gasteiger partial charge in [0.05, 0.1) is 17.7 Å². The molecule has 9 heteroatoms. The Morgan fingerprint density at radius 1 is 1.29 bits per heavy atom. The van der Waals surface area contributed by atoms with Crippen LogP contribution in [-0.4, -0.2) is 46.9 Å². The van der Waals surface area contributed by atoms with Crippen LogP contribution in [0.3, 0.4) is 0 Å². The third-order valence-electron chi connectivity index (χ3n) is 5.00. The zero-order valence-corrected chi connectivity index (χ0v) is 17.5. The molecule has 1 aliphatic rings. The van der Waals surface area contributed by atoms with Crippen LogP contribution in [0.2, 0.25) is 5.02 Å². The molecule has 1 N–H and O–H groups in total. The molecule has 1 saturated heterocycles. The van der Waals surface area contributed by atoms with Crippen LogP contribution in [0.4, 0.5) is 14.9 Å². The quantitative estimate of drug-likeness (QED) is 0.591. The number of likely N-dealkylation sites (tertiary alicyclic amines) is 1. The average molecular weight is 445 g/mol. The molecule has 0 radical (unpaired) electrons. The molecule has 1 unspecified atom stereocenters. The zero-order valence-electron chi connectivity index (χ0n) is 16.8. The van der Waals surface area contributed by atoms with E-state index in [1.54, 1.807) is 4.90 Å². The van der Waals surface area contributed by atoms with Crippen LogP contribution >= 0.6 is 11.6 Å². The first-order chi connectivity index (χ1) is 15.1. The average Bonchev–Trinajstić information content (AvgIpc) is 3.26. The van der Waals surface area contributed by atoms with Crippen molar-refractivity contribution in [3.8, 4) is 11.5 Å². The van der Waals surface area contributed by atoms with Gasteiger partial charge in [-0.25, -0.2) is 9.18 Å². The maximum Gasteiger partial charge on any atom is 0.321 e. The largest absolute Gasteiger partial charge is 0.376 e. The monoisotopic (exact) mass is 444 g/mol. The van der Waals surface area contributed by atoms with Crippen LogP contribution in [-0.2, 0) is 11.2 Å². The third kappa shape index (κ3) is 5.59. The summed E-state index contributed by atoms with van der Waals surface area (Å²) in [6, 6.07) is 13.4. The molecule has 0 spiro atoms. The summed E-state index contributed by atoms with van der Waals surface area (Å²) in [6.45, 7) is 1.54. The molecule has 7 nitrogen and oxygen atoms in total. The smallest absolute Gasteiger partial charge is 0.321 e. The Balaban J connectivity index is 1.25. The van der Waals surface area contributed by atoms with Gasteiger partial charge < -0.3 is 19.5 Å². The Morgan fingerprint density at radius 3 is 2.94 bits per heavy atom. The summed E-state index contributed by atoms with van der Waals surface area (Å²) < 4.78 is 24.5. The highest BCUT2D eigenvalue weighted by atomic mass is 35.5. The fourth-order valence-corrected chi connectivity index (χ4v) is 3.59. The van der Waals surface area contributed by atoms with Crippen LogP contribution in [0, 0.1) is 5.82 Å². The van der Waals surface area contributed by atoms with Gasteiger partial charge >= 0.3 is 6.03 Å². The number of benzene rings is 2. The molecule has 0 bridgehead atoms. The number of halogens is 2. The fourth-order valence-electron chi connectivity index (χ4n) is 3.41. The molecule has 2 aromatic carbocycles. The van der Waals surface area contributed by atoms with Gasteiger partial charge in [-0.1, -0.05) is 35.0 Å². The minimum Gasteiger partial charge on any atom is -0.376 e. The van der Waals surface area contributed by atoms with Crippen molar-refractivity contribution in [2.45, 2.75) is 25.4 Å². The van der Waals surface area contributed by atoms with Gasteiger partial charge in [-0.05, 0) is 43.2 Å². The van der Waals surface area contributed by atoms with Gasteiger partial charge in [0.1, 0.15) is 5.82 Å². The predicted molar refractivity (Wildman–Crippen MR) is 114 cm³/mol. The number of carbonyl (C=O) groups excluding carboxylic acids is 1. The molecule has 31 heavy (non-hydrogen) atoms. The summed E-state index contributed by atoms with van der Waals surface area (Å²) in [5, 5.41) is 6.72. The summed E-state index contributed by atoms with van der Waals surface area (Å²) in [4.78, 5) is 18.6. The Labute approximate surface area is 184 Å². The summed E-state index contributed by atoms with van der Waals surface area (Å²) in [7, 11) is 0. The zero-order chi connectivity index (χ0) is 21.6. The topological polar surface area (TPSA) is 80.5 Å². The molecule has 162 valence electrons.